The van der Waals surface area contributed by atoms with E-state index in [2.05, 4.69) is 57.0 Å². The molecule has 3 nitrogen and oxygen atoms in total. The minimum absolute atomic E-state index is 0.0738. The van der Waals surface area contributed by atoms with Crippen LogP contribution in [0.4, 0.5) is 0 Å². The first-order chi connectivity index (χ1) is 11.9. The lowest BCUT2D eigenvalue weighted by Crippen LogP contribution is -2.47. The lowest BCUT2D eigenvalue weighted by molar-refractivity contribution is -0.117. The molecule has 1 unspecified atom stereocenters. The van der Waals surface area contributed by atoms with Gasteiger partial charge in [0.2, 0.25) is 5.91 Å². The van der Waals surface area contributed by atoms with Gasteiger partial charge in [-0.3, -0.25) is 4.79 Å². The molecule has 1 aliphatic heterocycles. The molecule has 1 saturated heterocycles. The Morgan fingerprint density at radius 1 is 1.08 bits per heavy atom. The van der Waals surface area contributed by atoms with Crippen LogP contribution in [-0.2, 0) is 4.79 Å². The second kappa shape index (κ2) is 12.1. The summed E-state index contributed by atoms with van der Waals surface area (Å²) in [6.07, 6.45) is 12.9. The number of piperidine rings is 1. The van der Waals surface area contributed by atoms with Crippen LogP contribution in [0, 0.1) is 0 Å². The van der Waals surface area contributed by atoms with E-state index in [-0.39, 0.29) is 5.91 Å². The Hall–Kier alpha value is -1.35. The van der Waals surface area contributed by atoms with Gasteiger partial charge >= 0.3 is 0 Å². The Balaban J connectivity index is 2.32. The highest BCUT2D eigenvalue weighted by molar-refractivity contribution is 5.88. The van der Waals surface area contributed by atoms with Crippen molar-refractivity contribution in [1.29, 1.82) is 0 Å². The fourth-order valence-corrected chi connectivity index (χ4v) is 3.24. The minimum atomic E-state index is 0.0738. The lowest BCUT2D eigenvalue weighted by atomic mass is 10.0. The second-order valence-electron chi connectivity index (χ2n) is 7.64. The maximum absolute atomic E-state index is 12.2. The van der Waals surface area contributed by atoms with Gasteiger partial charge in [0.15, 0.2) is 0 Å². The molecule has 142 valence electrons. The lowest BCUT2D eigenvalue weighted by Gasteiger charge is -2.32. The van der Waals surface area contributed by atoms with Gasteiger partial charge in [0.05, 0.1) is 0 Å². The number of nitrogens with zero attached hydrogens (tertiary/aromatic N) is 1. The van der Waals surface area contributed by atoms with E-state index < -0.39 is 0 Å². The highest BCUT2D eigenvalue weighted by atomic mass is 16.1. The molecule has 1 N–H and O–H groups in total. The highest BCUT2D eigenvalue weighted by Crippen LogP contribution is 2.12. The number of allylic oxidation sites excluding steroid dienone is 5. The first kappa shape index (κ1) is 21.7. The van der Waals surface area contributed by atoms with Crippen LogP contribution < -0.4 is 5.32 Å². The first-order valence-corrected chi connectivity index (χ1v) is 9.89. The van der Waals surface area contributed by atoms with Crippen LogP contribution in [0.15, 0.2) is 34.9 Å². The van der Waals surface area contributed by atoms with Gasteiger partial charge in [-0.15, -0.1) is 0 Å². The number of nitrogens with one attached hydrogen (secondary N) is 1. The van der Waals surface area contributed by atoms with Gasteiger partial charge in [-0.2, -0.15) is 0 Å². The van der Waals surface area contributed by atoms with Crippen LogP contribution >= 0.6 is 0 Å². The summed E-state index contributed by atoms with van der Waals surface area (Å²) >= 11 is 0. The van der Waals surface area contributed by atoms with Crippen molar-refractivity contribution in [2.75, 3.05) is 19.6 Å². The quantitative estimate of drug-likeness (QED) is 0.470. The molecule has 0 bridgehead atoms. The summed E-state index contributed by atoms with van der Waals surface area (Å²) in [5, 5.41) is 3.17. The molecule has 0 aromatic heterocycles. The number of rotatable bonds is 9. The molecular formula is C22H38N2O. The third kappa shape index (κ3) is 10.3. The molecule has 1 rings (SSSR count). The summed E-state index contributed by atoms with van der Waals surface area (Å²) in [7, 11) is 0. The highest BCUT2D eigenvalue weighted by Gasteiger charge is 2.19. The average Bonchev–Trinajstić information content (AvgIpc) is 2.54. The maximum atomic E-state index is 12.2. The van der Waals surface area contributed by atoms with Gasteiger partial charge in [0.1, 0.15) is 0 Å². The number of hydrogen-bond donors (Lipinski definition) is 1. The second-order valence-corrected chi connectivity index (χ2v) is 7.64. The number of amides is 1. The van der Waals surface area contributed by atoms with E-state index >= 15 is 0 Å². The van der Waals surface area contributed by atoms with Crippen LogP contribution in [0.25, 0.3) is 0 Å². The van der Waals surface area contributed by atoms with Gasteiger partial charge in [0.25, 0.3) is 0 Å². The van der Waals surface area contributed by atoms with Gasteiger partial charge in [0, 0.05) is 18.7 Å². The Kier molecular flexibility index (Phi) is 10.5. The van der Waals surface area contributed by atoms with E-state index in [4.69, 9.17) is 0 Å². The number of likely N-dealkylation sites (tertiary alicyclic amines) is 1. The molecule has 1 atom stereocenters. The largest absolute Gasteiger partial charge is 0.349 e. The standard InChI is InChI=1S/C22H38N2O/c1-6-24-15-9-14-21(17-24)23-22(25)16-20(5)13-8-12-19(4)11-7-10-18(2)3/h10,12,16,21H,6-9,11,13-15,17H2,1-5H3,(H,23,25). The normalized spacial score (nSPS) is 19.6. The summed E-state index contributed by atoms with van der Waals surface area (Å²) in [5.74, 6) is 0.0738. The van der Waals surface area contributed by atoms with E-state index in [9.17, 15) is 4.79 Å². The number of likely N-dealkylation sites (N-methyl/N-ethyl adjacent to an activating group) is 1. The first-order valence-electron chi connectivity index (χ1n) is 9.89. The molecule has 25 heavy (non-hydrogen) atoms. The topological polar surface area (TPSA) is 32.3 Å². The van der Waals surface area contributed by atoms with Crippen LogP contribution in [0.2, 0.25) is 0 Å². The maximum Gasteiger partial charge on any atom is 0.244 e. The van der Waals surface area contributed by atoms with E-state index in [0.717, 1.165) is 57.3 Å². The van der Waals surface area contributed by atoms with Crippen LogP contribution in [0.1, 0.15) is 73.1 Å². The summed E-state index contributed by atoms with van der Waals surface area (Å²) in [4.78, 5) is 14.6. The Morgan fingerprint density at radius 3 is 2.44 bits per heavy atom. The van der Waals surface area contributed by atoms with Gasteiger partial charge in [-0.05, 0) is 79.3 Å². The summed E-state index contributed by atoms with van der Waals surface area (Å²) in [6, 6.07) is 0.308. The third-order valence-electron chi connectivity index (χ3n) is 4.80. The van der Waals surface area contributed by atoms with E-state index in [1.165, 1.54) is 17.6 Å². The predicted molar refractivity (Wildman–Crippen MR) is 109 cm³/mol. The molecule has 3 heteroatoms. The van der Waals surface area contributed by atoms with Crippen molar-refractivity contribution < 1.29 is 4.79 Å². The fraction of sp³-hybridized carbons (Fsp3) is 0.682. The van der Waals surface area contributed by atoms with Gasteiger partial charge in [-0.1, -0.05) is 35.8 Å². The van der Waals surface area contributed by atoms with E-state index in [1.807, 2.05) is 0 Å². The molecule has 0 spiro atoms. The van der Waals surface area contributed by atoms with Crippen LogP contribution in [0.3, 0.4) is 0 Å². The van der Waals surface area contributed by atoms with E-state index in [0.29, 0.717) is 6.04 Å². The van der Waals surface area contributed by atoms with E-state index in [1.54, 1.807) is 6.08 Å². The smallest absolute Gasteiger partial charge is 0.244 e. The van der Waals surface area contributed by atoms with Crippen molar-refractivity contribution in [2.24, 2.45) is 0 Å². The SMILES string of the molecule is CCN1CCCC(NC(=O)C=C(C)CCC=C(C)CCC=C(C)C)C1. The summed E-state index contributed by atoms with van der Waals surface area (Å²) in [6.45, 7) is 14.0. The van der Waals surface area contributed by atoms with Crippen molar-refractivity contribution in [1.82, 2.24) is 10.2 Å². The molecule has 0 aliphatic carbocycles. The molecule has 0 aromatic rings. The molecular weight excluding hydrogens is 308 g/mol. The van der Waals surface area contributed by atoms with Crippen molar-refractivity contribution in [3.63, 3.8) is 0 Å². The van der Waals surface area contributed by atoms with Crippen molar-refractivity contribution in [2.45, 2.75) is 79.2 Å². The average molecular weight is 347 g/mol. The van der Waals surface area contributed by atoms with Crippen molar-refractivity contribution in [3.05, 3.63) is 34.9 Å². The van der Waals surface area contributed by atoms with Crippen LogP contribution in [-0.4, -0.2) is 36.5 Å². The third-order valence-corrected chi connectivity index (χ3v) is 4.80. The number of carbonyl (C=O) groups excluding carboxylic acids is 1. The Labute approximate surface area is 155 Å². The van der Waals surface area contributed by atoms with Crippen molar-refractivity contribution >= 4 is 5.91 Å². The minimum Gasteiger partial charge on any atom is -0.349 e. The van der Waals surface area contributed by atoms with Gasteiger partial charge < -0.3 is 10.2 Å². The molecule has 1 amide bonds. The molecule has 0 aromatic carbocycles. The number of hydrogen-bond acceptors (Lipinski definition) is 2. The zero-order valence-corrected chi connectivity index (χ0v) is 17.0. The zero-order valence-electron chi connectivity index (χ0n) is 17.0. The molecule has 1 aliphatic rings. The Morgan fingerprint density at radius 2 is 1.76 bits per heavy atom. The predicted octanol–water partition coefficient (Wildman–Crippen LogP) is 5.01. The van der Waals surface area contributed by atoms with Crippen molar-refractivity contribution in [3.8, 4) is 0 Å². The zero-order chi connectivity index (χ0) is 18.7. The monoisotopic (exact) mass is 346 g/mol. The Bertz CT molecular complexity index is 498. The fourth-order valence-electron chi connectivity index (χ4n) is 3.24. The molecule has 1 fully saturated rings. The summed E-state index contributed by atoms with van der Waals surface area (Å²) in [5.41, 5.74) is 3.99. The molecule has 1 heterocycles. The molecule has 0 saturated carbocycles. The molecule has 0 radical (unpaired) electrons. The summed E-state index contributed by atoms with van der Waals surface area (Å²) < 4.78 is 0. The number of carbonyl (C=O) groups is 1. The van der Waals surface area contributed by atoms with Crippen LogP contribution in [0.5, 0.6) is 0 Å². The van der Waals surface area contributed by atoms with Gasteiger partial charge in [-0.25, -0.2) is 0 Å².